The topological polar surface area (TPSA) is 67.0 Å². The first-order chi connectivity index (χ1) is 9.88. The second-order valence-corrected chi connectivity index (χ2v) is 5.04. The molecule has 21 heavy (non-hydrogen) atoms. The van der Waals surface area contributed by atoms with E-state index in [1.807, 2.05) is 0 Å². The number of carbonyl (C=O) groups is 1. The molecule has 0 fully saturated rings. The lowest BCUT2D eigenvalue weighted by Gasteiger charge is -2.15. The van der Waals surface area contributed by atoms with Crippen LogP contribution in [0.2, 0.25) is 5.02 Å². The predicted molar refractivity (Wildman–Crippen MR) is 78.2 cm³/mol. The number of carbonyl (C=O) groups excluding carboxylic acids is 1. The van der Waals surface area contributed by atoms with E-state index in [0.717, 1.165) is 11.8 Å². The van der Waals surface area contributed by atoms with E-state index in [9.17, 15) is 9.18 Å². The lowest BCUT2D eigenvalue weighted by Crippen LogP contribution is -2.30. The van der Waals surface area contributed by atoms with E-state index in [4.69, 9.17) is 16.3 Å². The molecule has 1 aromatic carbocycles. The van der Waals surface area contributed by atoms with Crippen molar-refractivity contribution in [2.24, 2.45) is 0 Å². The summed E-state index contributed by atoms with van der Waals surface area (Å²) in [6.07, 6.45) is -0.790. The Hall–Kier alpha value is -2.08. The maximum Gasteiger partial charge on any atom is 0.265 e. The molecule has 1 heterocycles. The number of rotatable bonds is 4. The molecule has 2 N–H and O–H groups in total. The van der Waals surface area contributed by atoms with E-state index in [0.29, 0.717) is 11.4 Å². The van der Waals surface area contributed by atoms with Gasteiger partial charge in [-0.1, -0.05) is 11.6 Å². The van der Waals surface area contributed by atoms with Crippen LogP contribution >= 0.6 is 11.6 Å². The summed E-state index contributed by atoms with van der Waals surface area (Å²) in [6, 6.07) is 3.73. The van der Waals surface area contributed by atoms with Crippen LogP contribution in [0.1, 0.15) is 18.3 Å². The molecule has 0 aliphatic rings. The second-order valence-electron chi connectivity index (χ2n) is 4.63. The normalized spacial score (nSPS) is 12.0. The summed E-state index contributed by atoms with van der Waals surface area (Å²) in [5, 5.41) is 9.62. The van der Waals surface area contributed by atoms with E-state index >= 15 is 0 Å². The lowest BCUT2D eigenvalue weighted by molar-refractivity contribution is -0.122. The number of aryl methyl sites for hydroxylation is 2. The first-order valence-electron chi connectivity index (χ1n) is 6.32. The Bertz CT molecular complexity index is 653. The van der Waals surface area contributed by atoms with Crippen molar-refractivity contribution in [3.63, 3.8) is 0 Å². The molecular formula is C14H15ClFN3O2. The fourth-order valence-corrected chi connectivity index (χ4v) is 1.99. The molecule has 1 atom stereocenters. The highest BCUT2D eigenvalue weighted by Crippen LogP contribution is 2.26. The van der Waals surface area contributed by atoms with Crippen LogP contribution in [0.25, 0.3) is 0 Å². The van der Waals surface area contributed by atoms with Crippen LogP contribution < -0.4 is 10.1 Å². The number of anilines is 1. The summed E-state index contributed by atoms with van der Waals surface area (Å²) in [5.41, 5.74) is 2.07. The molecule has 2 rings (SSSR count). The number of ether oxygens (including phenoxy) is 1. The molecule has 112 valence electrons. The summed E-state index contributed by atoms with van der Waals surface area (Å²) in [6.45, 7) is 5.17. The van der Waals surface area contributed by atoms with Crippen molar-refractivity contribution < 1.29 is 13.9 Å². The van der Waals surface area contributed by atoms with Crippen LogP contribution in [0.3, 0.4) is 0 Å². The maximum atomic E-state index is 13.0. The third-order valence-electron chi connectivity index (χ3n) is 2.94. The number of halogens is 2. The van der Waals surface area contributed by atoms with E-state index in [2.05, 4.69) is 15.5 Å². The van der Waals surface area contributed by atoms with Gasteiger partial charge in [0, 0.05) is 0 Å². The molecule has 2 aromatic rings. The molecule has 0 saturated heterocycles. The van der Waals surface area contributed by atoms with Gasteiger partial charge in [0.25, 0.3) is 5.91 Å². The van der Waals surface area contributed by atoms with Crippen LogP contribution in [-0.4, -0.2) is 22.2 Å². The highest BCUT2D eigenvalue weighted by molar-refractivity contribution is 6.32. The Kier molecular flexibility index (Phi) is 4.47. The third-order valence-corrected chi connectivity index (χ3v) is 3.24. The van der Waals surface area contributed by atoms with E-state index in [-0.39, 0.29) is 16.7 Å². The summed E-state index contributed by atoms with van der Waals surface area (Å²) >= 11 is 5.86. The Morgan fingerprint density at radius 3 is 2.76 bits per heavy atom. The number of benzene rings is 1. The van der Waals surface area contributed by atoms with Crippen LogP contribution in [0.4, 0.5) is 10.1 Å². The summed E-state index contributed by atoms with van der Waals surface area (Å²) < 4.78 is 18.4. The molecular weight excluding hydrogens is 297 g/mol. The quantitative estimate of drug-likeness (QED) is 0.911. The fraction of sp³-hybridized carbons (Fsp3) is 0.286. The van der Waals surface area contributed by atoms with Gasteiger partial charge in [-0.25, -0.2) is 4.39 Å². The third kappa shape index (κ3) is 3.52. The highest BCUT2D eigenvalue weighted by Gasteiger charge is 2.19. The zero-order valence-corrected chi connectivity index (χ0v) is 12.6. The van der Waals surface area contributed by atoms with Gasteiger partial charge in [-0.05, 0) is 39.0 Å². The van der Waals surface area contributed by atoms with Crippen LogP contribution in [-0.2, 0) is 4.79 Å². The molecule has 0 aliphatic carbocycles. The first-order valence-corrected chi connectivity index (χ1v) is 6.70. The van der Waals surface area contributed by atoms with Crippen LogP contribution in [0.5, 0.6) is 5.75 Å². The minimum Gasteiger partial charge on any atom is -0.479 e. The van der Waals surface area contributed by atoms with Gasteiger partial charge in [-0.15, -0.1) is 0 Å². The predicted octanol–water partition coefficient (Wildman–Crippen LogP) is 3.23. The summed E-state index contributed by atoms with van der Waals surface area (Å²) in [7, 11) is 0. The molecule has 0 bridgehead atoms. The van der Waals surface area contributed by atoms with Crippen molar-refractivity contribution in [2.75, 3.05) is 5.32 Å². The van der Waals surface area contributed by atoms with Crippen molar-refractivity contribution in [3.8, 4) is 5.75 Å². The number of hydrogen-bond acceptors (Lipinski definition) is 3. The van der Waals surface area contributed by atoms with Gasteiger partial charge < -0.3 is 10.1 Å². The molecule has 0 saturated carbocycles. The fourth-order valence-electron chi connectivity index (χ4n) is 1.77. The Balaban J connectivity index is 2.06. The van der Waals surface area contributed by atoms with Gasteiger partial charge in [0.1, 0.15) is 11.6 Å². The zero-order valence-electron chi connectivity index (χ0n) is 11.8. The van der Waals surface area contributed by atoms with Crippen molar-refractivity contribution in [3.05, 3.63) is 40.4 Å². The number of amides is 1. The lowest BCUT2D eigenvalue weighted by atomic mass is 10.3. The monoisotopic (exact) mass is 311 g/mol. The molecule has 0 radical (unpaired) electrons. The van der Waals surface area contributed by atoms with Gasteiger partial charge in [-0.2, -0.15) is 5.10 Å². The maximum absolute atomic E-state index is 13.0. The second kappa shape index (κ2) is 6.13. The van der Waals surface area contributed by atoms with Crippen molar-refractivity contribution in [1.82, 2.24) is 10.2 Å². The molecule has 0 unspecified atom stereocenters. The standard InChI is InChI=1S/C14H15ClFN3O2/c1-7-13(8(2)19-18-7)17-14(20)9(3)21-12-5-4-10(16)6-11(12)15/h4-6,9H,1-3H3,(H,17,20)(H,18,19)/t9-/m0/s1. The highest BCUT2D eigenvalue weighted by atomic mass is 35.5. The number of nitrogens with zero attached hydrogens (tertiary/aromatic N) is 1. The van der Waals surface area contributed by atoms with Crippen molar-refractivity contribution >= 4 is 23.2 Å². The first kappa shape index (κ1) is 15.3. The molecule has 0 aliphatic heterocycles. The SMILES string of the molecule is Cc1n[nH]c(C)c1NC(=O)[C@H](C)Oc1ccc(F)cc1Cl. The Morgan fingerprint density at radius 2 is 2.19 bits per heavy atom. The number of H-pyrrole nitrogens is 1. The van der Waals surface area contributed by atoms with Gasteiger partial charge in [0.15, 0.2) is 6.10 Å². The van der Waals surface area contributed by atoms with E-state index < -0.39 is 11.9 Å². The largest absolute Gasteiger partial charge is 0.479 e. The molecule has 5 nitrogen and oxygen atoms in total. The summed E-state index contributed by atoms with van der Waals surface area (Å²) in [5.74, 6) is -0.557. The van der Waals surface area contributed by atoms with Gasteiger partial charge in [-0.3, -0.25) is 9.89 Å². The molecule has 1 amide bonds. The summed E-state index contributed by atoms with van der Waals surface area (Å²) in [4.78, 5) is 12.1. The number of aromatic nitrogens is 2. The minimum atomic E-state index is -0.790. The number of nitrogens with one attached hydrogen (secondary N) is 2. The van der Waals surface area contributed by atoms with E-state index in [1.165, 1.54) is 12.1 Å². The van der Waals surface area contributed by atoms with Crippen LogP contribution in [0.15, 0.2) is 18.2 Å². The Morgan fingerprint density at radius 1 is 1.48 bits per heavy atom. The smallest absolute Gasteiger partial charge is 0.265 e. The molecule has 0 spiro atoms. The van der Waals surface area contributed by atoms with E-state index in [1.54, 1.807) is 20.8 Å². The molecule has 1 aromatic heterocycles. The Labute approximate surface area is 126 Å². The minimum absolute atomic E-state index is 0.116. The average molecular weight is 312 g/mol. The van der Waals surface area contributed by atoms with Gasteiger partial charge in [0.05, 0.1) is 22.1 Å². The zero-order chi connectivity index (χ0) is 15.6. The van der Waals surface area contributed by atoms with Gasteiger partial charge >= 0.3 is 0 Å². The average Bonchev–Trinajstić information content (AvgIpc) is 2.73. The van der Waals surface area contributed by atoms with Crippen molar-refractivity contribution in [2.45, 2.75) is 26.9 Å². The van der Waals surface area contributed by atoms with Crippen molar-refractivity contribution in [1.29, 1.82) is 0 Å². The number of hydrogen-bond donors (Lipinski definition) is 2. The van der Waals surface area contributed by atoms with Gasteiger partial charge in [0.2, 0.25) is 0 Å². The number of aromatic amines is 1. The molecule has 7 heteroatoms. The van der Waals surface area contributed by atoms with Crippen LogP contribution in [0, 0.1) is 19.7 Å².